The molecule has 0 heterocycles. The minimum absolute atomic E-state index is 0.127. The van der Waals surface area contributed by atoms with Gasteiger partial charge in [0.1, 0.15) is 0 Å². The fourth-order valence-corrected chi connectivity index (χ4v) is 1.82. The van der Waals surface area contributed by atoms with Crippen molar-refractivity contribution in [3.63, 3.8) is 0 Å². The molecule has 0 radical (unpaired) electrons. The van der Waals surface area contributed by atoms with Crippen LogP contribution in [0.15, 0.2) is 18.2 Å². The van der Waals surface area contributed by atoms with Gasteiger partial charge in [-0.05, 0) is 43.9 Å². The Bertz CT molecular complexity index is 425. The van der Waals surface area contributed by atoms with Crippen LogP contribution in [0.3, 0.4) is 0 Å². The van der Waals surface area contributed by atoms with E-state index in [9.17, 15) is 0 Å². The van der Waals surface area contributed by atoms with Gasteiger partial charge >= 0.3 is 0 Å². The zero-order valence-electron chi connectivity index (χ0n) is 11.7. The van der Waals surface area contributed by atoms with Crippen LogP contribution < -0.4 is 15.2 Å². The Balaban J connectivity index is 2.56. The van der Waals surface area contributed by atoms with E-state index in [4.69, 9.17) is 20.5 Å². The Hall–Kier alpha value is -1.73. The molecule has 0 aromatic heterocycles. The van der Waals surface area contributed by atoms with Crippen molar-refractivity contribution in [2.45, 2.75) is 38.6 Å². The third kappa shape index (κ3) is 5.62. The van der Waals surface area contributed by atoms with Crippen molar-refractivity contribution in [2.24, 2.45) is 5.73 Å². The highest BCUT2D eigenvalue weighted by molar-refractivity contribution is 5.43. The fraction of sp³-hybridized carbons (Fsp3) is 0.533. The van der Waals surface area contributed by atoms with Crippen molar-refractivity contribution >= 4 is 0 Å². The van der Waals surface area contributed by atoms with Crippen LogP contribution in [0.1, 0.15) is 31.7 Å². The minimum atomic E-state index is 0.127. The third-order valence-electron chi connectivity index (χ3n) is 2.73. The Morgan fingerprint density at radius 3 is 2.74 bits per heavy atom. The lowest BCUT2D eigenvalue weighted by Gasteiger charge is -2.13. The molecule has 0 fully saturated rings. The van der Waals surface area contributed by atoms with Gasteiger partial charge in [0.25, 0.3) is 0 Å². The maximum absolute atomic E-state index is 8.45. The number of nitrogens with two attached hydrogens (primary N) is 1. The summed E-state index contributed by atoms with van der Waals surface area (Å²) in [7, 11) is 1.63. The first-order valence-electron chi connectivity index (χ1n) is 6.59. The molecular formula is C15H22N2O2. The van der Waals surface area contributed by atoms with Crippen LogP contribution in [0.2, 0.25) is 0 Å². The topological polar surface area (TPSA) is 68.3 Å². The zero-order chi connectivity index (χ0) is 14.1. The lowest BCUT2D eigenvalue weighted by Crippen LogP contribution is -2.17. The molecule has 0 bridgehead atoms. The number of hydrogen-bond acceptors (Lipinski definition) is 4. The first-order chi connectivity index (χ1) is 9.17. The number of unbranched alkanes of at least 4 members (excludes halogenated alkanes) is 2. The smallest absolute Gasteiger partial charge is 0.161 e. The van der Waals surface area contributed by atoms with Crippen LogP contribution in [-0.4, -0.2) is 19.8 Å². The average Bonchev–Trinajstić information content (AvgIpc) is 2.39. The van der Waals surface area contributed by atoms with E-state index in [0.717, 1.165) is 36.3 Å². The van der Waals surface area contributed by atoms with Crippen LogP contribution in [-0.2, 0) is 6.42 Å². The predicted octanol–water partition coefficient (Wildman–Crippen LogP) is 2.66. The van der Waals surface area contributed by atoms with Gasteiger partial charge in [0, 0.05) is 12.5 Å². The van der Waals surface area contributed by atoms with Crippen molar-refractivity contribution in [3.05, 3.63) is 23.8 Å². The molecule has 0 spiro atoms. The number of nitriles is 1. The summed E-state index contributed by atoms with van der Waals surface area (Å²) < 4.78 is 11.0. The molecule has 1 atom stereocenters. The van der Waals surface area contributed by atoms with Gasteiger partial charge in [-0.15, -0.1) is 0 Å². The predicted molar refractivity (Wildman–Crippen MR) is 75.3 cm³/mol. The van der Waals surface area contributed by atoms with Crippen LogP contribution in [0, 0.1) is 11.3 Å². The summed E-state index contributed by atoms with van der Waals surface area (Å²) in [5.41, 5.74) is 6.92. The van der Waals surface area contributed by atoms with Gasteiger partial charge in [-0.1, -0.05) is 6.07 Å². The van der Waals surface area contributed by atoms with Gasteiger partial charge in [0.2, 0.25) is 0 Å². The molecule has 1 rings (SSSR count). The molecule has 2 N–H and O–H groups in total. The third-order valence-corrected chi connectivity index (χ3v) is 2.73. The Kier molecular flexibility index (Phi) is 6.76. The zero-order valence-corrected chi connectivity index (χ0v) is 11.7. The Morgan fingerprint density at radius 1 is 1.32 bits per heavy atom. The van der Waals surface area contributed by atoms with E-state index in [1.165, 1.54) is 0 Å². The van der Waals surface area contributed by atoms with Gasteiger partial charge in [-0.25, -0.2) is 0 Å². The van der Waals surface area contributed by atoms with Crippen LogP contribution >= 0.6 is 0 Å². The second-order valence-electron chi connectivity index (χ2n) is 4.63. The number of ether oxygens (including phenoxy) is 2. The molecule has 0 aliphatic rings. The van der Waals surface area contributed by atoms with Crippen molar-refractivity contribution in [1.29, 1.82) is 5.26 Å². The van der Waals surface area contributed by atoms with Crippen molar-refractivity contribution in [1.82, 2.24) is 0 Å². The molecule has 19 heavy (non-hydrogen) atoms. The number of rotatable bonds is 8. The molecule has 104 valence electrons. The molecule has 1 unspecified atom stereocenters. The summed E-state index contributed by atoms with van der Waals surface area (Å²) >= 11 is 0. The summed E-state index contributed by atoms with van der Waals surface area (Å²) in [6.07, 6.45) is 3.13. The lowest BCUT2D eigenvalue weighted by atomic mass is 10.1. The van der Waals surface area contributed by atoms with Crippen LogP contribution in [0.5, 0.6) is 11.5 Å². The number of nitrogens with zero attached hydrogens (tertiary/aromatic N) is 1. The van der Waals surface area contributed by atoms with Gasteiger partial charge in [-0.2, -0.15) is 5.26 Å². The van der Waals surface area contributed by atoms with Gasteiger partial charge in [-0.3, -0.25) is 0 Å². The van der Waals surface area contributed by atoms with Crippen molar-refractivity contribution in [2.75, 3.05) is 13.7 Å². The lowest BCUT2D eigenvalue weighted by molar-refractivity contribution is 0.286. The molecule has 4 heteroatoms. The number of benzene rings is 1. The largest absolute Gasteiger partial charge is 0.493 e. The Morgan fingerprint density at radius 2 is 2.11 bits per heavy atom. The summed E-state index contributed by atoms with van der Waals surface area (Å²) in [6.45, 7) is 2.58. The summed E-state index contributed by atoms with van der Waals surface area (Å²) in [5.74, 6) is 1.48. The number of hydrogen-bond donors (Lipinski definition) is 1. The molecule has 0 saturated heterocycles. The van der Waals surface area contributed by atoms with Crippen LogP contribution in [0.25, 0.3) is 0 Å². The normalized spacial score (nSPS) is 11.7. The molecule has 4 nitrogen and oxygen atoms in total. The standard InChI is InChI=1S/C15H22N2O2/c1-12(17)10-13-6-7-14(15(11-13)18-2)19-9-5-3-4-8-16/h6-7,11-12H,3-5,9-10,17H2,1-2H3. The molecule has 1 aromatic carbocycles. The maximum Gasteiger partial charge on any atom is 0.161 e. The maximum atomic E-state index is 8.45. The molecule has 0 amide bonds. The highest BCUT2D eigenvalue weighted by Crippen LogP contribution is 2.28. The van der Waals surface area contributed by atoms with E-state index in [0.29, 0.717) is 13.0 Å². The highest BCUT2D eigenvalue weighted by Gasteiger charge is 2.07. The van der Waals surface area contributed by atoms with Gasteiger partial charge < -0.3 is 15.2 Å². The van der Waals surface area contributed by atoms with Crippen molar-refractivity contribution in [3.8, 4) is 17.6 Å². The van der Waals surface area contributed by atoms with E-state index in [-0.39, 0.29) is 6.04 Å². The molecular weight excluding hydrogens is 240 g/mol. The van der Waals surface area contributed by atoms with E-state index in [1.807, 2.05) is 25.1 Å². The average molecular weight is 262 g/mol. The summed E-state index contributed by atoms with van der Waals surface area (Å²) in [6, 6.07) is 8.14. The first-order valence-corrected chi connectivity index (χ1v) is 6.59. The van der Waals surface area contributed by atoms with E-state index in [2.05, 4.69) is 6.07 Å². The SMILES string of the molecule is COc1cc(CC(C)N)ccc1OCCCCC#N. The molecule has 0 aliphatic heterocycles. The van der Waals surface area contributed by atoms with E-state index < -0.39 is 0 Å². The van der Waals surface area contributed by atoms with Crippen molar-refractivity contribution < 1.29 is 9.47 Å². The minimum Gasteiger partial charge on any atom is -0.493 e. The van der Waals surface area contributed by atoms with Crippen LogP contribution in [0.4, 0.5) is 0 Å². The molecule has 0 aliphatic carbocycles. The van der Waals surface area contributed by atoms with Gasteiger partial charge in [0.05, 0.1) is 19.8 Å². The molecule has 0 saturated carbocycles. The van der Waals surface area contributed by atoms with E-state index in [1.54, 1.807) is 7.11 Å². The molecule has 1 aromatic rings. The fourth-order valence-electron chi connectivity index (χ4n) is 1.82. The van der Waals surface area contributed by atoms with E-state index >= 15 is 0 Å². The second-order valence-corrected chi connectivity index (χ2v) is 4.63. The second kappa shape index (κ2) is 8.39. The summed E-state index contributed by atoms with van der Waals surface area (Å²) in [5, 5.41) is 8.45. The highest BCUT2D eigenvalue weighted by atomic mass is 16.5. The first kappa shape index (κ1) is 15.3. The Labute approximate surface area is 115 Å². The number of methoxy groups -OCH3 is 1. The quantitative estimate of drug-likeness (QED) is 0.731. The summed E-state index contributed by atoms with van der Waals surface area (Å²) in [4.78, 5) is 0. The monoisotopic (exact) mass is 262 g/mol. The van der Waals surface area contributed by atoms with Gasteiger partial charge in [0.15, 0.2) is 11.5 Å².